The van der Waals surface area contributed by atoms with Gasteiger partial charge < -0.3 is 29.4 Å². The molecule has 37 heavy (non-hydrogen) atoms. The van der Waals surface area contributed by atoms with E-state index in [-0.39, 0.29) is 42.5 Å². The number of nitrogens with one attached hydrogen (secondary N) is 3. The van der Waals surface area contributed by atoms with Crippen LogP contribution in [0, 0.1) is 11.3 Å². The van der Waals surface area contributed by atoms with Crippen LogP contribution in [0.25, 0.3) is 16.5 Å². The quantitative estimate of drug-likeness (QED) is 0.531. The highest BCUT2D eigenvalue weighted by Gasteiger charge is 2.38. The second-order valence-electron chi connectivity index (χ2n) is 10.1. The molecule has 0 bridgehead atoms. The first-order valence-corrected chi connectivity index (χ1v) is 12.9. The van der Waals surface area contributed by atoms with Crippen molar-refractivity contribution in [1.82, 2.24) is 20.5 Å². The van der Waals surface area contributed by atoms with Gasteiger partial charge in [-0.2, -0.15) is 5.26 Å². The van der Waals surface area contributed by atoms with Gasteiger partial charge in [-0.3, -0.25) is 5.32 Å². The number of benzene rings is 1. The maximum Gasteiger partial charge on any atom is 0.410 e. The summed E-state index contributed by atoms with van der Waals surface area (Å²) in [4.78, 5) is 17.0. The van der Waals surface area contributed by atoms with Crippen LogP contribution >= 0.6 is 0 Å². The number of aromatic amines is 1. The topological polar surface area (TPSA) is 112 Å². The summed E-state index contributed by atoms with van der Waals surface area (Å²) in [6.45, 7) is 4.25. The number of hydrogen-bond donors (Lipinski definition) is 3. The standard InChI is InChI=1S/C28H35N5O4/c1-17(27-15-30-9-8-23(35-3)16-36-27)31-22(14-29)13-21-10-20-5-4-18(11-24(20)32-21)19-6-7-26-25(12-19)33(2)28(34)37-26/h4-7,10-12,17,22-23,25-27,30-32H,8-9,13,15-16H2,1-3H3/t17-,22+,23+,25?,26?,27?/m0/s1. The predicted octanol–water partition coefficient (Wildman–Crippen LogP) is 2.75. The van der Waals surface area contributed by atoms with E-state index in [0.29, 0.717) is 13.0 Å². The summed E-state index contributed by atoms with van der Waals surface area (Å²) in [6, 6.07) is 10.4. The summed E-state index contributed by atoms with van der Waals surface area (Å²) < 4.78 is 16.9. The molecule has 196 valence electrons. The molecule has 3 heterocycles. The third-order valence-electron chi connectivity index (χ3n) is 7.56. The zero-order chi connectivity index (χ0) is 25.9. The van der Waals surface area contributed by atoms with E-state index in [4.69, 9.17) is 14.2 Å². The largest absolute Gasteiger partial charge is 0.439 e. The van der Waals surface area contributed by atoms with E-state index in [0.717, 1.165) is 47.2 Å². The number of amides is 1. The summed E-state index contributed by atoms with van der Waals surface area (Å²) in [5.41, 5.74) is 4.13. The lowest BCUT2D eigenvalue weighted by Crippen LogP contribution is -2.50. The monoisotopic (exact) mass is 505 g/mol. The number of ether oxygens (including phenoxy) is 3. The Morgan fingerprint density at radius 1 is 1.35 bits per heavy atom. The molecule has 9 nitrogen and oxygen atoms in total. The van der Waals surface area contributed by atoms with E-state index in [1.807, 2.05) is 12.2 Å². The molecule has 1 aliphatic carbocycles. The van der Waals surface area contributed by atoms with Gasteiger partial charge in [-0.1, -0.05) is 24.3 Å². The Kier molecular flexibility index (Phi) is 7.63. The molecule has 1 aromatic carbocycles. The van der Waals surface area contributed by atoms with Crippen molar-refractivity contribution in [1.29, 1.82) is 5.26 Å². The molecule has 1 aromatic heterocycles. The van der Waals surface area contributed by atoms with Gasteiger partial charge in [0.15, 0.2) is 0 Å². The summed E-state index contributed by atoms with van der Waals surface area (Å²) in [5.74, 6) is 0. The van der Waals surface area contributed by atoms with Crippen LogP contribution in [-0.2, 0) is 20.6 Å². The minimum absolute atomic E-state index is 0.00201. The van der Waals surface area contributed by atoms with Gasteiger partial charge in [-0.05, 0) is 54.6 Å². The summed E-state index contributed by atoms with van der Waals surface area (Å²) in [6.07, 6.45) is 7.03. The van der Waals surface area contributed by atoms with Crippen molar-refractivity contribution in [2.75, 3.05) is 33.9 Å². The number of likely N-dealkylation sites (N-methyl/N-ethyl adjacent to an activating group) is 1. The second kappa shape index (κ2) is 11.1. The van der Waals surface area contributed by atoms with E-state index in [2.05, 4.69) is 59.0 Å². The van der Waals surface area contributed by atoms with Gasteiger partial charge in [0, 0.05) is 44.4 Å². The number of carbonyl (C=O) groups excluding carboxylic acids is 1. The van der Waals surface area contributed by atoms with Crippen LogP contribution < -0.4 is 10.6 Å². The van der Waals surface area contributed by atoms with E-state index >= 15 is 0 Å². The van der Waals surface area contributed by atoms with Crippen molar-refractivity contribution in [3.8, 4) is 6.07 Å². The van der Waals surface area contributed by atoms with Crippen LogP contribution in [0.15, 0.2) is 42.5 Å². The molecule has 3 N–H and O–H groups in total. The zero-order valence-electron chi connectivity index (χ0n) is 21.6. The maximum atomic E-state index is 11.9. The van der Waals surface area contributed by atoms with E-state index in [9.17, 15) is 10.1 Å². The molecule has 3 aliphatic rings. The number of nitriles is 1. The molecular formula is C28H35N5O4. The molecule has 2 fully saturated rings. The van der Waals surface area contributed by atoms with Crippen molar-refractivity contribution in [3.63, 3.8) is 0 Å². The lowest BCUT2D eigenvalue weighted by Gasteiger charge is -2.31. The van der Waals surface area contributed by atoms with Gasteiger partial charge in [-0.15, -0.1) is 0 Å². The molecule has 2 saturated heterocycles. The lowest BCUT2D eigenvalue weighted by atomic mass is 9.94. The van der Waals surface area contributed by atoms with Crippen molar-refractivity contribution in [2.24, 2.45) is 0 Å². The molecule has 3 unspecified atom stereocenters. The highest BCUT2D eigenvalue weighted by atomic mass is 16.6. The number of carbonyl (C=O) groups is 1. The Balaban J connectivity index is 1.25. The average Bonchev–Trinajstić information content (AvgIpc) is 3.42. The first kappa shape index (κ1) is 25.5. The normalized spacial score (nSPS) is 27.6. The molecule has 1 amide bonds. The van der Waals surface area contributed by atoms with Crippen molar-refractivity contribution in [3.05, 3.63) is 53.8 Å². The van der Waals surface area contributed by atoms with E-state index in [1.54, 1.807) is 19.1 Å². The smallest absolute Gasteiger partial charge is 0.410 e. The zero-order valence-corrected chi connectivity index (χ0v) is 21.6. The van der Waals surface area contributed by atoms with Gasteiger partial charge >= 0.3 is 6.09 Å². The van der Waals surface area contributed by atoms with Crippen LogP contribution in [0.1, 0.15) is 24.6 Å². The fraction of sp³-hybridized carbons (Fsp3) is 0.500. The van der Waals surface area contributed by atoms with E-state index < -0.39 is 0 Å². The molecule has 2 aromatic rings. The summed E-state index contributed by atoms with van der Waals surface area (Å²) in [7, 11) is 3.47. The van der Waals surface area contributed by atoms with Gasteiger partial charge in [-0.25, -0.2) is 4.79 Å². The first-order chi connectivity index (χ1) is 17.9. The van der Waals surface area contributed by atoms with Gasteiger partial charge in [0.1, 0.15) is 12.1 Å². The number of nitrogens with zero attached hydrogens (tertiary/aromatic N) is 2. The number of hydrogen-bond acceptors (Lipinski definition) is 7. The highest BCUT2D eigenvalue weighted by molar-refractivity contribution is 5.87. The van der Waals surface area contributed by atoms with Crippen molar-refractivity contribution < 1.29 is 19.0 Å². The number of allylic oxidation sites excluding steroid dienone is 2. The fourth-order valence-corrected chi connectivity index (χ4v) is 5.25. The average molecular weight is 506 g/mol. The Labute approximate surface area is 217 Å². The minimum Gasteiger partial charge on any atom is -0.439 e. The van der Waals surface area contributed by atoms with Crippen molar-refractivity contribution >= 4 is 22.6 Å². The van der Waals surface area contributed by atoms with Crippen LogP contribution in [0.5, 0.6) is 0 Å². The second-order valence-corrected chi connectivity index (χ2v) is 10.1. The Hall–Kier alpha value is -3.16. The minimum atomic E-state index is -0.355. The fourth-order valence-electron chi connectivity index (χ4n) is 5.25. The van der Waals surface area contributed by atoms with Crippen LogP contribution in [0.2, 0.25) is 0 Å². The van der Waals surface area contributed by atoms with Crippen LogP contribution in [-0.4, -0.2) is 86.3 Å². The van der Waals surface area contributed by atoms with Gasteiger partial charge in [0.05, 0.1) is 30.9 Å². The molecule has 2 aliphatic heterocycles. The molecule has 0 spiro atoms. The van der Waals surface area contributed by atoms with Gasteiger partial charge in [0.25, 0.3) is 0 Å². The Bertz CT molecular complexity index is 1230. The Morgan fingerprint density at radius 3 is 3.03 bits per heavy atom. The highest BCUT2D eigenvalue weighted by Crippen LogP contribution is 2.31. The SMILES string of the molecule is CO[C@@H]1CCNCC([C@H](C)N[C@@H](C#N)Cc2cc3ccc(C4=CC5C(C=C4)OC(=O)N5C)cc3[nH]2)OC1. The first-order valence-electron chi connectivity index (χ1n) is 12.9. The third kappa shape index (κ3) is 5.58. The lowest BCUT2D eigenvalue weighted by molar-refractivity contribution is -0.0484. The summed E-state index contributed by atoms with van der Waals surface area (Å²) >= 11 is 0. The maximum absolute atomic E-state index is 11.9. The molecule has 9 heteroatoms. The Morgan fingerprint density at radius 2 is 2.22 bits per heavy atom. The molecular weight excluding hydrogens is 470 g/mol. The number of fused-ring (bicyclic) bond motifs is 2. The van der Waals surface area contributed by atoms with Crippen LogP contribution in [0.3, 0.4) is 0 Å². The van der Waals surface area contributed by atoms with E-state index in [1.165, 1.54) is 0 Å². The third-order valence-corrected chi connectivity index (χ3v) is 7.56. The molecule has 6 atom stereocenters. The molecule has 0 saturated carbocycles. The van der Waals surface area contributed by atoms with Crippen LogP contribution in [0.4, 0.5) is 4.79 Å². The predicted molar refractivity (Wildman–Crippen MR) is 141 cm³/mol. The number of aromatic nitrogens is 1. The number of methoxy groups -OCH3 is 1. The molecule has 5 rings (SSSR count). The van der Waals surface area contributed by atoms with Gasteiger partial charge in [0.2, 0.25) is 0 Å². The summed E-state index contributed by atoms with van der Waals surface area (Å²) in [5, 5.41) is 17.8. The van der Waals surface area contributed by atoms with Crippen molar-refractivity contribution in [2.45, 2.75) is 56.2 Å². The molecule has 0 radical (unpaired) electrons. The number of H-pyrrole nitrogens is 1. The number of rotatable bonds is 7.